The number of halogens is 1. The molecule has 1 aliphatic heterocycles. The minimum Gasteiger partial charge on any atom is -0.354 e. The summed E-state index contributed by atoms with van der Waals surface area (Å²) in [5.74, 6) is 0.980. The Labute approximate surface area is 175 Å². The zero-order chi connectivity index (χ0) is 18.8. The Balaban J connectivity index is 0.00000205. The zero-order valence-corrected chi connectivity index (χ0v) is 17.1. The SMILES string of the molecule is Cl.c1ccc2c(c1)nnn2CCCCN1CCN(c2noc3ccccc23)CC1. The van der Waals surface area contributed by atoms with Crippen LogP contribution in [0, 0.1) is 0 Å². The Morgan fingerprint density at radius 3 is 2.52 bits per heavy atom. The summed E-state index contributed by atoms with van der Waals surface area (Å²) in [5, 5.41) is 13.9. The van der Waals surface area contributed by atoms with Crippen LogP contribution in [0.15, 0.2) is 53.1 Å². The van der Waals surface area contributed by atoms with E-state index in [-0.39, 0.29) is 12.4 Å². The molecular formula is C21H25ClN6O. The Morgan fingerprint density at radius 1 is 0.862 bits per heavy atom. The maximum Gasteiger partial charge on any atom is 0.180 e. The number of piperazine rings is 1. The molecule has 1 aliphatic rings. The van der Waals surface area contributed by atoms with Gasteiger partial charge in [-0.2, -0.15) is 0 Å². The lowest BCUT2D eigenvalue weighted by Crippen LogP contribution is -2.46. The van der Waals surface area contributed by atoms with Gasteiger partial charge in [-0.05, 0) is 43.7 Å². The fraction of sp³-hybridized carbons (Fsp3) is 0.381. The molecule has 2 aromatic carbocycles. The van der Waals surface area contributed by atoms with E-state index >= 15 is 0 Å². The molecule has 8 heteroatoms. The van der Waals surface area contributed by atoms with Gasteiger partial charge in [0.05, 0.1) is 10.9 Å². The summed E-state index contributed by atoms with van der Waals surface area (Å²) in [7, 11) is 0. The van der Waals surface area contributed by atoms with Crippen LogP contribution in [0.5, 0.6) is 0 Å². The molecule has 0 spiro atoms. The molecule has 152 valence electrons. The molecule has 7 nitrogen and oxygen atoms in total. The van der Waals surface area contributed by atoms with Crippen molar-refractivity contribution in [3.8, 4) is 0 Å². The van der Waals surface area contributed by atoms with Gasteiger partial charge in [-0.3, -0.25) is 4.90 Å². The number of hydrogen-bond donors (Lipinski definition) is 0. The summed E-state index contributed by atoms with van der Waals surface area (Å²) < 4.78 is 7.47. The predicted molar refractivity (Wildman–Crippen MR) is 117 cm³/mol. The highest BCUT2D eigenvalue weighted by atomic mass is 35.5. The quantitative estimate of drug-likeness (QED) is 0.451. The van der Waals surface area contributed by atoms with Crippen molar-refractivity contribution >= 4 is 40.2 Å². The molecule has 1 saturated heterocycles. The Bertz CT molecular complexity index is 1070. The Hall–Kier alpha value is -2.64. The van der Waals surface area contributed by atoms with Crippen molar-refractivity contribution < 1.29 is 4.52 Å². The minimum absolute atomic E-state index is 0. The number of aromatic nitrogens is 4. The van der Waals surface area contributed by atoms with E-state index < -0.39 is 0 Å². The molecule has 4 aromatic rings. The Kier molecular flexibility index (Phi) is 5.97. The zero-order valence-electron chi connectivity index (χ0n) is 16.3. The van der Waals surface area contributed by atoms with Gasteiger partial charge in [0.25, 0.3) is 0 Å². The number of aryl methyl sites for hydroxylation is 1. The van der Waals surface area contributed by atoms with Crippen molar-refractivity contribution in [1.29, 1.82) is 0 Å². The molecule has 0 unspecified atom stereocenters. The number of para-hydroxylation sites is 2. The number of fused-ring (bicyclic) bond motifs is 2. The van der Waals surface area contributed by atoms with E-state index in [1.807, 2.05) is 41.1 Å². The second-order valence-electron chi connectivity index (χ2n) is 7.34. The molecule has 2 aromatic heterocycles. The molecule has 0 amide bonds. The highest BCUT2D eigenvalue weighted by Crippen LogP contribution is 2.26. The summed E-state index contributed by atoms with van der Waals surface area (Å²) in [5.41, 5.74) is 2.95. The van der Waals surface area contributed by atoms with Gasteiger partial charge in [-0.25, -0.2) is 4.68 Å². The molecule has 0 aliphatic carbocycles. The van der Waals surface area contributed by atoms with E-state index in [0.29, 0.717) is 0 Å². The molecular weight excluding hydrogens is 388 g/mol. The molecule has 0 N–H and O–H groups in total. The van der Waals surface area contributed by atoms with Gasteiger partial charge >= 0.3 is 0 Å². The average molecular weight is 413 g/mol. The highest BCUT2D eigenvalue weighted by Gasteiger charge is 2.21. The first-order chi connectivity index (χ1) is 13.9. The topological polar surface area (TPSA) is 63.2 Å². The predicted octanol–water partition coefficient (Wildman–Crippen LogP) is 3.60. The van der Waals surface area contributed by atoms with Crippen LogP contribution in [-0.4, -0.2) is 57.8 Å². The number of rotatable bonds is 6. The van der Waals surface area contributed by atoms with E-state index in [0.717, 1.165) is 73.5 Å². The molecule has 0 atom stereocenters. The van der Waals surface area contributed by atoms with Gasteiger partial charge in [0.1, 0.15) is 5.52 Å². The monoisotopic (exact) mass is 412 g/mol. The lowest BCUT2D eigenvalue weighted by atomic mass is 10.2. The van der Waals surface area contributed by atoms with E-state index in [2.05, 4.69) is 37.4 Å². The van der Waals surface area contributed by atoms with Crippen LogP contribution >= 0.6 is 12.4 Å². The van der Waals surface area contributed by atoms with Gasteiger partial charge in [0, 0.05) is 32.7 Å². The average Bonchev–Trinajstić information content (AvgIpc) is 3.36. The minimum atomic E-state index is 0. The molecule has 29 heavy (non-hydrogen) atoms. The molecule has 3 heterocycles. The van der Waals surface area contributed by atoms with Crippen molar-refractivity contribution in [1.82, 2.24) is 25.1 Å². The van der Waals surface area contributed by atoms with Crippen molar-refractivity contribution in [2.24, 2.45) is 0 Å². The van der Waals surface area contributed by atoms with Gasteiger partial charge in [0.15, 0.2) is 11.4 Å². The number of unbranched alkanes of at least 4 members (excludes halogenated alkanes) is 1. The van der Waals surface area contributed by atoms with Crippen molar-refractivity contribution in [3.05, 3.63) is 48.5 Å². The molecule has 0 bridgehead atoms. The first-order valence-electron chi connectivity index (χ1n) is 9.98. The fourth-order valence-electron chi connectivity index (χ4n) is 3.96. The summed E-state index contributed by atoms with van der Waals surface area (Å²) in [6, 6.07) is 16.2. The fourth-order valence-corrected chi connectivity index (χ4v) is 3.96. The normalized spacial score (nSPS) is 15.1. The van der Waals surface area contributed by atoms with Crippen LogP contribution in [-0.2, 0) is 6.54 Å². The van der Waals surface area contributed by atoms with E-state index in [9.17, 15) is 0 Å². The highest BCUT2D eigenvalue weighted by molar-refractivity contribution is 5.88. The van der Waals surface area contributed by atoms with E-state index in [4.69, 9.17) is 4.52 Å². The third kappa shape index (κ3) is 4.06. The number of hydrogen-bond acceptors (Lipinski definition) is 6. The summed E-state index contributed by atoms with van der Waals surface area (Å²) in [4.78, 5) is 4.88. The maximum atomic E-state index is 5.46. The maximum absolute atomic E-state index is 5.46. The lowest BCUT2D eigenvalue weighted by molar-refractivity contribution is 0.249. The van der Waals surface area contributed by atoms with Crippen LogP contribution < -0.4 is 4.90 Å². The van der Waals surface area contributed by atoms with Crippen molar-refractivity contribution in [2.75, 3.05) is 37.6 Å². The molecule has 0 saturated carbocycles. The Morgan fingerprint density at radius 2 is 1.62 bits per heavy atom. The third-order valence-corrected chi connectivity index (χ3v) is 5.54. The van der Waals surface area contributed by atoms with Gasteiger partial charge in [-0.15, -0.1) is 17.5 Å². The van der Waals surface area contributed by atoms with Crippen molar-refractivity contribution in [2.45, 2.75) is 19.4 Å². The molecule has 1 fully saturated rings. The van der Waals surface area contributed by atoms with Crippen LogP contribution in [0.25, 0.3) is 22.0 Å². The number of benzene rings is 2. The molecule has 0 radical (unpaired) electrons. The summed E-state index contributed by atoms with van der Waals surface area (Å²) in [6.07, 6.45) is 2.28. The first-order valence-corrected chi connectivity index (χ1v) is 9.98. The lowest BCUT2D eigenvalue weighted by Gasteiger charge is -2.34. The van der Waals surface area contributed by atoms with Gasteiger partial charge < -0.3 is 9.42 Å². The van der Waals surface area contributed by atoms with E-state index in [1.54, 1.807) is 0 Å². The standard InChI is InChI=1S/C21H24N6O.ClH/c1-4-10-20-17(7-1)21(23-28-20)26-15-13-25(14-16-26)11-5-6-12-27-19-9-3-2-8-18(19)22-24-27;/h1-4,7-10H,5-6,11-16H2;1H. The smallest absolute Gasteiger partial charge is 0.180 e. The van der Waals surface area contributed by atoms with Crippen LogP contribution in [0.4, 0.5) is 5.82 Å². The van der Waals surface area contributed by atoms with Gasteiger partial charge in [0.2, 0.25) is 0 Å². The van der Waals surface area contributed by atoms with Crippen LogP contribution in [0.2, 0.25) is 0 Å². The molecule has 5 rings (SSSR count). The van der Waals surface area contributed by atoms with Crippen molar-refractivity contribution in [3.63, 3.8) is 0 Å². The van der Waals surface area contributed by atoms with Gasteiger partial charge in [-0.1, -0.05) is 34.6 Å². The summed E-state index contributed by atoms with van der Waals surface area (Å²) in [6.45, 7) is 6.15. The summed E-state index contributed by atoms with van der Waals surface area (Å²) >= 11 is 0. The van der Waals surface area contributed by atoms with E-state index in [1.165, 1.54) is 6.42 Å². The van der Waals surface area contributed by atoms with Crippen LogP contribution in [0.1, 0.15) is 12.8 Å². The van der Waals surface area contributed by atoms with Crippen LogP contribution in [0.3, 0.4) is 0 Å². The second-order valence-corrected chi connectivity index (χ2v) is 7.34. The second kappa shape index (κ2) is 8.80. The number of anilines is 1. The largest absolute Gasteiger partial charge is 0.354 e. The first kappa shape index (κ1) is 19.7. The third-order valence-electron chi connectivity index (χ3n) is 5.54. The number of nitrogens with zero attached hydrogens (tertiary/aromatic N) is 6.